The molecule has 0 fully saturated rings. The summed E-state index contributed by atoms with van der Waals surface area (Å²) in [6.07, 6.45) is 6.97. The number of ketones is 1. The average molecular weight is 333 g/mol. The molecular weight excluding hydrogens is 300 g/mol. The lowest BCUT2D eigenvalue weighted by atomic mass is 9.65. The monoisotopic (exact) mass is 332 g/mol. The van der Waals surface area contributed by atoms with Crippen LogP contribution in [0.1, 0.15) is 40.0 Å². The molecule has 2 bridgehead atoms. The summed E-state index contributed by atoms with van der Waals surface area (Å²) in [5.41, 5.74) is 5.66. The van der Waals surface area contributed by atoms with Gasteiger partial charge in [-0.15, -0.1) is 0 Å². The van der Waals surface area contributed by atoms with E-state index in [2.05, 4.69) is 58.3 Å². The number of aliphatic hydroxyl groups excluding tert-OH is 1. The number of carbonyl (C=O) groups excluding carboxylic acids is 1. The summed E-state index contributed by atoms with van der Waals surface area (Å²) < 4.78 is 0. The van der Waals surface area contributed by atoms with Crippen LogP contribution in [0.25, 0.3) is 0 Å². The third-order valence-electron chi connectivity index (χ3n) is 5.31. The van der Waals surface area contributed by atoms with Crippen molar-refractivity contribution in [2.45, 2.75) is 59.7 Å². The zero-order valence-corrected chi connectivity index (χ0v) is 16.6. The van der Waals surface area contributed by atoms with Gasteiger partial charge in [0.1, 0.15) is 0 Å². The molecule has 0 heterocycles. The van der Waals surface area contributed by atoms with Crippen molar-refractivity contribution in [3.63, 3.8) is 0 Å². The van der Waals surface area contributed by atoms with E-state index in [0.29, 0.717) is 18.8 Å². The van der Waals surface area contributed by atoms with Crippen LogP contribution >= 0.6 is 0 Å². The van der Waals surface area contributed by atoms with Crippen LogP contribution < -0.4 is 0 Å². The van der Waals surface area contributed by atoms with Crippen molar-refractivity contribution in [3.05, 3.63) is 34.6 Å². The van der Waals surface area contributed by atoms with Crippen molar-refractivity contribution < 1.29 is 9.90 Å². The highest BCUT2D eigenvalue weighted by molar-refractivity contribution is 6.81. The minimum atomic E-state index is -1.48. The van der Waals surface area contributed by atoms with Gasteiger partial charge in [-0.1, -0.05) is 56.9 Å². The van der Waals surface area contributed by atoms with Crippen LogP contribution in [0.2, 0.25) is 19.6 Å². The average Bonchev–Trinajstić information content (AvgIpc) is 2.56. The molecule has 0 unspecified atom stereocenters. The Hall–Kier alpha value is -0.933. The topological polar surface area (TPSA) is 37.3 Å². The Bertz CT molecular complexity index is 573. The lowest BCUT2D eigenvalue weighted by Gasteiger charge is -2.38. The zero-order chi connectivity index (χ0) is 17.4. The van der Waals surface area contributed by atoms with Crippen molar-refractivity contribution in [1.29, 1.82) is 0 Å². The van der Waals surface area contributed by atoms with Gasteiger partial charge in [-0.3, -0.25) is 4.79 Å². The highest BCUT2D eigenvalue weighted by atomic mass is 28.3. The Morgan fingerprint density at radius 1 is 1.39 bits per heavy atom. The number of rotatable bonds is 6. The van der Waals surface area contributed by atoms with Gasteiger partial charge in [-0.05, 0) is 43.1 Å². The second-order valence-electron chi connectivity index (χ2n) is 8.86. The summed E-state index contributed by atoms with van der Waals surface area (Å²) in [4.78, 5) is 13.3. The summed E-state index contributed by atoms with van der Waals surface area (Å²) in [5, 5.41) is 9.19. The number of carbonyl (C=O) groups is 1. The maximum Gasteiger partial charge on any atom is 0.184 e. The quantitative estimate of drug-likeness (QED) is 0.435. The fraction of sp³-hybridized carbons (Fsp3) is 0.650. The van der Waals surface area contributed by atoms with Gasteiger partial charge in [0.05, 0.1) is 8.07 Å². The molecular formula is C20H32O2Si. The Balaban J connectivity index is 2.36. The molecule has 0 saturated carbocycles. The Labute approximate surface area is 142 Å². The van der Waals surface area contributed by atoms with Gasteiger partial charge in [0.2, 0.25) is 0 Å². The van der Waals surface area contributed by atoms with Crippen LogP contribution in [0.3, 0.4) is 0 Å². The third kappa shape index (κ3) is 3.77. The smallest absolute Gasteiger partial charge is 0.184 e. The number of Topliss-reactive ketones (excluding diaryl/α,β-unsaturated/α-hetero) is 1. The first-order valence-electron chi connectivity index (χ1n) is 8.83. The highest BCUT2D eigenvalue weighted by Gasteiger charge is 2.48. The maximum atomic E-state index is 13.3. The third-order valence-corrected chi connectivity index (χ3v) is 6.52. The number of hydrogen-bond donors (Lipinski definition) is 1. The molecule has 2 atom stereocenters. The second kappa shape index (κ2) is 6.52. The van der Waals surface area contributed by atoms with E-state index in [0.717, 1.165) is 17.6 Å². The first kappa shape index (κ1) is 18.4. The fourth-order valence-electron chi connectivity index (χ4n) is 4.21. The van der Waals surface area contributed by atoms with Crippen molar-refractivity contribution in [1.82, 2.24) is 0 Å². The fourth-order valence-corrected chi connectivity index (χ4v) is 5.53. The van der Waals surface area contributed by atoms with Crippen LogP contribution in [0, 0.1) is 17.3 Å². The van der Waals surface area contributed by atoms with Gasteiger partial charge in [-0.2, -0.15) is 0 Å². The SMILES string of the molecule is CC1=CC[C@H]2C=C(C(=O)/C(=C/[Si](C)(C)C)CCCO)[C@@H]1C2(C)C. The minimum absolute atomic E-state index is 0.144. The molecule has 3 heteroatoms. The molecule has 128 valence electrons. The van der Waals surface area contributed by atoms with E-state index < -0.39 is 8.07 Å². The largest absolute Gasteiger partial charge is 0.396 e. The Morgan fingerprint density at radius 3 is 2.61 bits per heavy atom. The van der Waals surface area contributed by atoms with Crippen LogP contribution in [-0.4, -0.2) is 25.6 Å². The molecule has 0 aromatic rings. The van der Waals surface area contributed by atoms with Crippen LogP contribution in [0.5, 0.6) is 0 Å². The molecule has 1 N–H and O–H groups in total. The molecule has 2 aliphatic carbocycles. The van der Waals surface area contributed by atoms with Gasteiger partial charge in [0.25, 0.3) is 0 Å². The number of hydrogen-bond acceptors (Lipinski definition) is 2. The molecule has 0 radical (unpaired) electrons. The van der Waals surface area contributed by atoms with Gasteiger partial charge in [-0.25, -0.2) is 0 Å². The van der Waals surface area contributed by atoms with E-state index in [1.807, 2.05) is 0 Å². The van der Waals surface area contributed by atoms with Gasteiger partial charge in [0, 0.05) is 18.1 Å². The molecule has 0 aliphatic heterocycles. The van der Waals surface area contributed by atoms with E-state index in [1.54, 1.807) is 0 Å². The number of fused-ring (bicyclic) bond motifs is 2. The summed E-state index contributed by atoms with van der Waals surface area (Å²) in [6, 6.07) is 0. The molecule has 0 saturated heterocycles. The summed E-state index contributed by atoms with van der Waals surface area (Å²) in [7, 11) is -1.48. The standard InChI is InChI=1S/C20H32O2Si/c1-14-9-10-16-12-17(18(14)20(16,2)3)19(22)15(8-7-11-21)13-23(4,5)6/h9,12-13,16,18,21H,7-8,10-11H2,1-6H3/b15-13+/t16-,18+/m0/s1. The highest BCUT2D eigenvalue weighted by Crippen LogP contribution is 2.55. The summed E-state index contributed by atoms with van der Waals surface area (Å²) in [5.74, 6) is 0.963. The van der Waals surface area contributed by atoms with Crippen LogP contribution in [0.4, 0.5) is 0 Å². The van der Waals surface area contributed by atoms with E-state index in [9.17, 15) is 9.90 Å². The molecule has 2 aliphatic rings. The summed E-state index contributed by atoms with van der Waals surface area (Å²) >= 11 is 0. The molecule has 0 aromatic heterocycles. The predicted molar refractivity (Wildman–Crippen MR) is 100.0 cm³/mol. The first-order chi connectivity index (χ1) is 10.6. The first-order valence-corrected chi connectivity index (χ1v) is 12.4. The normalized spacial score (nSPS) is 26.8. The lowest BCUT2D eigenvalue weighted by molar-refractivity contribution is -0.113. The van der Waals surface area contributed by atoms with Crippen molar-refractivity contribution in [3.8, 4) is 0 Å². The number of allylic oxidation sites excluding steroid dienone is 5. The minimum Gasteiger partial charge on any atom is -0.396 e. The van der Waals surface area contributed by atoms with Crippen molar-refractivity contribution in [2.24, 2.45) is 17.3 Å². The molecule has 0 aromatic carbocycles. The zero-order valence-electron chi connectivity index (χ0n) is 15.6. The van der Waals surface area contributed by atoms with E-state index in [4.69, 9.17) is 0 Å². The van der Waals surface area contributed by atoms with Crippen molar-refractivity contribution >= 4 is 13.9 Å². The second-order valence-corrected chi connectivity index (χ2v) is 13.9. The van der Waals surface area contributed by atoms with Crippen LogP contribution in [0.15, 0.2) is 34.6 Å². The Morgan fingerprint density at radius 2 is 2.04 bits per heavy atom. The summed E-state index contributed by atoms with van der Waals surface area (Å²) in [6.45, 7) is 13.7. The van der Waals surface area contributed by atoms with E-state index in [1.165, 1.54) is 5.57 Å². The van der Waals surface area contributed by atoms with Crippen LogP contribution in [-0.2, 0) is 4.79 Å². The van der Waals surface area contributed by atoms with Crippen molar-refractivity contribution in [2.75, 3.05) is 6.61 Å². The predicted octanol–water partition coefficient (Wildman–Crippen LogP) is 4.68. The molecule has 2 nitrogen and oxygen atoms in total. The van der Waals surface area contributed by atoms with Gasteiger partial charge < -0.3 is 5.11 Å². The number of aliphatic hydroxyl groups is 1. The maximum absolute atomic E-state index is 13.3. The van der Waals surface area contributed by atoms with E-state index >= 15 is 0 Å². The molecule has 0 spiro atoms. The lowest BCUT2D eigenvalue weighted by Crippen LogP contribution is -2.32. The van der Waals surface area contributed by atoms with E-state index in [-0.39, 0.29) is 23.7 Å². The molecule has 2 rings (SSSR count). The van der Waals surface area contributed by atoms with Gasteiger partial charge >= 0.3 is 0 Å². The van der Waals surface area contributed by atoms with Gasteiger partial charge in [0.15, 0.2) is 5.78 Å². The molecule has 0 amide bonds. The Kier molecular flexibility index (Phi) is 5.22. The molecule has 23 heavy (non-hydrogen) atoms.